The highest BCUT2D eigenvalue weighted by atomic mass is 19.1. The molecule has 0 aliphatic carbocycles. The number of benzene rings is 2. The fourth-order valence-electron chi connectivity index (χ4n) is 1.86. The smallest absolute Gasteiger partial charge is 0.217 e. The summed E-state index contributed by atoms with van der Waals surface area (Å²) in [6, 6.07) is 15.5. The molecule has 2 rings (SSSR count). The number of hydrogen-bond acceptors (Lipinski definition) is 1. The summed E-state index contributed by atoms with van der Waals surface area (Å²) in [7, 11) is 0. The molecule has 2 aromatic rings. The maximum absolute atomic E-state index is 12.9. The molecule has 0 bridgehead atoms. The fraction of sp³-hybridized carbons (Fsp3) is 0.133. The number of halogens is 1. The van der Waals surface area contributed by atoms with Gasteiger partial charge in [0, 0.05) is 6.92 Å². The van der Waals surface area contributed by atoms with Crippen molar-refractivity contribution in [2.45, 2.75) is 13.0 Å². The zero-order valence-electron chi connectivity index (χ0n) is 10.1. The van der Waals surface area contributed by atoms with Crippen LogP contribution in [-0.2, 0) is 4.79 Å². The van der Waals surface area contributed by atoms with Gasteiger partial charge in [-0.2, -0.15) is 0 Å². The molecule has 2 aromatic carbocycles. The first-order valence-corrected chi connectivity index (χ1v) is 5.74. The van der Waals surface area contributed by atoms with Crippen LogP contribution < -0.4 is 5.32 Å². The molecule has 0 saturated heterocycles. The molecule has 2 nitrogen and oxygen atoms in total. The van der Waals surface area contributed by atoms with Crippen LogP contribution in [0.2, 0.25) is 0 Å². The summed E-state index contributed by atoms with van der Waals surface area (Å²) in [5, 5.41) is 2.87. The van der Waals surface area contributed by atoms with Crippen molar-refractivity contribution in [1.29, 1.82) is 0 Å². The van der Waals surface area contributed by atoms with E-state index >= 15 is 0 Å². The van der Waals surface area contributed by atoms with Crippen LogP contribution in [0.5, 0.6) is 0 Å². The van der Waals surface area contributed by atoms with Gasteiger partial charge in [0.05, 0.1) is 6.04 Å². The number of hydrogen-bond donors (Lipinski definition) is 1. The minimum Gasteiger partial charge on any atom is -0.345 e. The Labute approximate surface area is 105 Å². The lowest BCUT2D eigenvalue weighted by Crippen LogP contribution is -2.26. The van der Waals surface area contributed by atoms with Crippen molar-refractivity contribution in [2.75, 3.05) is 0 Å². The van der Waals surface area contributed by atoms with E-state index in [0.29, 0.717) is 0 Å². The molecule has 0 radical (unpaired) electrons. The molecule has 0 aliphatic rings. The van der Waals surface area contributed by atoms with Gasteiger partial charge in [0.25, 0.3) is 0 Å². The number of nitrogens with one attached hydrogen (secondary N) is 1. The van der Waals surface area contributed by atoms with Gasteiger partial charge in [0.2, 0.25) is 5.91 Å². The van der Waals surface area contributed by atoms with E-state index in [9.17, 15) is 9.18 Å². The Bertz CT molecular complexity index is 522. The maximum Gasteiger partial charge on any atom is 0.217 e. The molecule has 0 aromatic heterocycles. The number of amides is 1. The first-order chi connectivity index (χ1) is 8.66. The van der Waals surface area contributed by atoms with Gasteiger partial charge in [0.1, 0.15) is 5.82 Å². The summed E-state index contributed by atoms with van der Waals surface area (Å²) in [5.41, 5.74) is 1.83. The molecule has 0 spiro atoms. The topological polar surface area (TPSA) is 29.1 Å². The van der Waals surface area contributed by atoms with E-state index < -0.39 is 0 Å². The van der Waals surface area contributed by atoms with E-state index in [4.69, 9.17) is 0 Å². The van der Waals surface area contributed by atoms with E-state index in [1.807, 2.05) is 30.3 Å². The summed E-state index contributed by atoms with van der Waals surface area (Å²) < 4.78 is 12.9. The summed E-state index contributed by atoms with van der Waals surface area (Å²) in [6.45, 7) is 1.47. The summed E-state index contributed by atoms with van der Waals surface area (Å²) in [6.07, 6.45) is 0. The highest BCUT2D eigenvalue weighted by molar-refractivity contribution is 5.74. The first-order valence-electron chi connectivity index (χ1n) is 5.74. The second kappa shape index (κ2) is 5.45. The Morgan fingerprint density at radius 2 is 1.56 bits per heavy atom. The Morgan fingerprint density at radius 3 is 2.11 bits per heavy atom. The highest BCUT2D eigenvalue weighted by Crippen LogP contribution is 2.22. The van der Waals surface area contributed by atoms with Gasteiger partial charge in [-0.1, -0.05) is 42.5 Å². The highest BCUT2D eigenvalue weighted by Gasteiger charge is 2.14. The summed E-state index contributed by atoms with van der Waals surface area (Å²) in [4.78, 5) is 11.3. The zero-order chi connectivity index (χ0) is 13.0. The van der Waals surface area contributed by atoms with E-state index in [0.717, 1.165) is 11.1 Å². The third-order valence-corrected chi connectivity index (χ3v) is 2.68. The van der Waals surface area contributed by atoms with Crippen molar-refractivity contribution in [3.05, 3.63) is 71.5 Å². The molecule has 0 saturated carbocycles. The molecular formula is C15H14FNO. The van der Waals surface area contributed by atoms with Crippen LogP contribution in [0.15, 0.2) is 54.6 Å². The Morgan fingerprint density at radius 1 is 1.00 bits per heavy atom. The van der Waals surface area contributed by atoms with Gasteiger partial charge >= 0.3 is 0 Å². The molecule has 0 aliphatic heterocycles. The normalized spacial score (nSPS) is 11.9. The van der Waals surface area contributed by atoms with Gasteiger partial charge in [0.15, 0.2) is 0 Å². The Balaban J connectivity index is 2.36. The molecule has 1 N–H and O–H groups in total. The predicted molar refractivity (Wildman–Crippen MR) is 68.5 cm³/mol. The summed E-state index contributed by atoms with van der Waals surface area (Å²) in [5.74, 6) is -0.401. The molecular weight excluding hydrogens is 229 g/mol. The van der Waals surface area contributed by atoms with Crippen molar-refractivity contribution >= 4 is 5.91 Å². The number of rotatable bonds is 3. The largest absolute Gasteiger partial charge is 0.345 e. The molecule has 1 unspecified atom stereocenters. The summed E-state index contributed by atoms with van der Waals surface area (Å²) >= 11 is 0. The lowest BCUT2D eigenvalue weighted by atomic mass is 9.99. The molecule has 18 heavy (non-hydrogen) atoms. The molecule has 0 fully saturated rings. The molecule has 1 amide bonds. The van der Waals surface area contributed by atoms with E-state index in [1.54, 1.807) is 12.1 Å². The van der Waals surface area contributed by atoms with Crippen LogP contribution in [0, 0.1) is 5.82 Å². The van der Waals surface area contributed by atoms with Crippen molar-refractivity contribution in [1.82, 2.24) is 5.32 Å². The van der Waals surface area contributed by atoms with Crippen LogP contribution in [0.1, 0.15) is 24.1 Å². The molecule has 92 valence electrons. The first kappa shape index (κ1) is 12.3. The third kappa shape index (κ3) is 2.94. The van der Waals surface area contributed by atoms with Crippen molar-refractivity contribution in [3.63, 3.8) is 0 Å². The van der Waals surface area contributed by atoms with Gasteiger partial charge < -0.3 is 5.32 Å². The van der Waals surface area contributed by atoms with Crippen molar-refractivity contribution in [2.24, 2.45) is 0 Å². The minimum atomic E-state index is -0.284. The lowest BCUT2D eigenvalue weighted by Gasteiger charge is -2.18. The van der Waals surface area contributed by atoms with Gasteiger partial charge in [-0.25, -0.2) is 4.39 Å². The number of carbonyl (C=O) groups excluding carboxylic acids is 1. The molecule has 1 atom stereocenters. The van der Waals surface area contributed by atoms with Gasteiger partial charge in [-0.15, -0.1) is 0 Å². The second-order valence-electron chi connectivity index (χ2n) is 4.10. The van der Waals surface area contributed by atoms with E-state index in [-0.39, 0.29) is 17.8 Å². The minimum absolute atomic E-state index is 0.117. The Kier molecular flexibility index (Phi) is 3.72. The fourth-order valence-corrected chi connectivity index (χ4v) is 1.86. The second-order valence-corrected chi connectivity index (χ2v) is 4.10. The Hall–Kier alpha value is -2.16. The molecule has 3 heteroatoms. The predicted octanol–water partition coefficient (Wildman–Crippen LogP) is 3.05. The van der Waals surface area contributed by atoms with Crippen LogP contribution >= 0.6 is 0 Å². The van der Waals surface area contributed by atoms with E-state index in [2.05, 4.69) is 5.32 Å². The average Bonchev–Trinajstić information content (AvgIpc) is 2.38. The lowest BCUT2D eigenvalue weighted by molar-refractivity contribution is -0.119. The standard InChI is InChI=1S/C15H14FNO/c1-11(18)17-15(12-5-3-2-4-6-12)13-7-9-14(16)10-8-13/h2-10,15H,1H3,(H,17,18). The van der Waals surface area contributed by atoms with Gasteiger partial charge in [-0.3, -0.25) is 4.79 Å². The molecule has 0 heterocycles. The van der Waals surface area contributed by atoms with Crippen LogP contribution in [0.3, 0.4) is 0 Å². The number of carbonyl (C=O) groups is 1. The van der Waals surface area contributed by atoms with Crippen molar-refractivity contribution in [3.8, 4) is 0 Å². The van der Waals surface area contributed by atoms with Crippen LogP contribution in [0.25, 0.3) is 0 Å². The van der Waals surface area contributed by atoms with E-state index in [1.165, 1.54) is 19.1 Å². The van der Waals surface area contributed by atoms with Crippen LogP contribution in [0.4, 0.5) is 4.39 Å². The SMILES string of the molecule is CC(=O)NC(c1ccccc1)c1ccc(F)cc1. The maximum atomic E-state index is 12.9. The zero-order valence-corrected chi connectivity index (χ0v) is 10.1. The van der Waals surface area contributed by atoms with Crippen LogP contribution in [-0.4, -0.2) is 5.91 Å². The van der Waals surface area contributed by atoms with Crippen molar-refractivity contribution < 1.29 is 9.18 Å². The quantitative estimate of drug-likeness (QED) is 0.882. The monoisotopic (exact) mass is 243 g/mol. The third-order valence-electron chi connectivity index (χ3n) is 2.68. The average molecular weight is 243 g/mol. The van der Waals surface area contributed by atoms with Gasteiger partial charge in [-0.05, 0) is 23.3 Å².